The summed E-state index contributed by atoms with van der Waals surface area (Å²) in [5.41, 5.74) is 0. The van der Waals surface area contributed by atoms with Crippen molar-refractivity contribution in [2.45, 2.75) is 25.3 Å². The highest BCUT2D eigenvalue weighted by Crippen LogP contribution is 2.09. The van der Waals surface area contributed by atoms with Crippen molar-refractivity contribution in [2.24, 2.45) is 0 Å². The molecule has 0 aliphatic carbocycles. The molecule has 2 N–H and O–H groups in total. The zero-order valence-electron chi connectivity index (χ0n) is 9.38. The summed E-state index contributed by atoms with van der Waals surface area (Å²) in [4.78, 5) is 24.3. The van der Waals surface area contributed by atoms with E-state index in [0.29, 0.717) is 25.9 Å². The molecule has 1 atom stereocenters. The molecule has 86 valence electrons. The van der Waals surface area contributed by atoms with Crippen molar-refractivity contribution in [3.05, 3.63) is 0 Å². The number of hydrogen-bond donors (Lipinski definition) is 2. The van der Waals surface area contributed by atoms with E-state index >= 15 is 0 Å². The largest absolute Gasteiger partial charge is 0.352 e. The lowest BCUT2D eigenvalue weighted by Gasteiger charge is -2.30. The SMILES string of the molecule is CNCCC(=O)NC1CCC(=O)N(C)C1. The molecule has 0 saturated carbocycles. The van der Waals surface area contributed by atoms with Gasteiger partial charge in [-0.3, -0.25) is 9.59 Å². The molecule has 0 bridgehead atoms. The quantitative estimate of drug-likeness (QED) is 0.651. The summed E-state index contributed by atoms with van der Waals surface area (Å²) in [6.07, 6.45) is 1.78. The third-order valence-corrected chi connectivity index (χ3v) is 2.59. The van der Waals surface area contributed by atoms with E-state index in [0.717, 1.165) is 6.42 Å². The first-order valence-corrected chi connectivity index (χ1v) is 5.31. The molecule has 15 heavy (non-hydrogen) atoms. The van der Waals surface area contributed by atoms with Gasteiger partial charge < -0.3 is 15.5 Å². The molecule has 1 saturated heterocycles. The maximum absolute atomic E-state index is 11.4. The molecule has 1 aliphatic heterocycles. The van der Waals surface area contributed by atoms with Gasteiger partial charge in [-0.25, -0.2) is 0 Å². The molecule has 0 aromatic heterocycles. The summed E-state index contributed by atoms with van der Waals surface area (Å²) in [5, 5.41) is 5.86. The van der Waals surface area contributed by atoms with Crippen LogP contribution >= 0.6 is 0 Å². The van der Waals surface area contributed by atoms with Crippen LogP contribution in [0.5, 0.6) is 0 Å². The van der Waals surface area contributed by atoms with Gasteiger partial charge in [0, 0.05) is 39.0 Å². The van der Waals surface area contributed by atoms with Crippen LogP contribution in [0.3, 0.4) is 0 Å². The summed E-state index contributed by atoms with van der Waals surface area (Å²) >= 11 is 0. The Bertz CT molecular complexity index is 243. The predicted molar refractivity (Wildman–Crippen MR) is 57.3 cm³/mol. The fraction of sp³-hybridized carbons (Fsp3) is 0.800. The zero-order valence-corrected chi connectivity index (χ0v) is 9.38. The monoisotopic (exact) mass is 213 g/mol. The minimum Gasteiger partial charge on any atom is -0.352 e. The lowest BCUT2D eigenvalue weighted by molar-refractivity contribution is -0.133. The van der Waals surface area contributed by atoms with Crippen LogP contribution < -0.4 is 10.6 Å². The Morgan fingerprint density at radius 3 is 2.93 bits per heavy atom. The van der Waals surface area contributed by atoms with Crippen LogP contribution in [0.1, 0.15) is 19.3 Å². The summed E-state index contributed by atoms with van der Waals surface area (Å²) in [6.45, 7) is 1.32. The van der Waals surface area contributed by atoms with E-state index in [4.69, 9.17) is 0 Å². The third-order valence-electron chi connectivity index (χ3n) is 2.59. The Hall–Kier alpha value is -1.10. The van der Waals surface area contributed by atoms with Crippen molar-refractivity contribution >= 4 is 11.8 Å². The third kappa shape index (κ3) is 3.87. The number of amides is 2. The second kappa shape index (κ2) is 5.70. The van der Waals surface area contributed by atoms with Crippen LogP contribution in [-0.2, 0) is 9.59 Å². The molecule has 0 radical (unpaired) electrons. The van der Waals surface area contributed by atoms with E-state index in [1.807, 2.05) is 7.05 Å². The first-order valence-electron chi connectivity index (χ1n) is 5.31. The molecule has 1 heterocycles. The van der Waals surface area contributed by atoms with Gasteiger partial charge in [0.25, 0.3) is 0 Å². The fourth-order valence-electron chi connectivity index (χ4n) is 1.67. The Morgan fingerprint density at radius 2 is 2.33 bits per heavy atom. The normalized spacial score (nSPS) is 21.6. The Kier molecular flexibility index (Phi) is 4.55. The van der Waals surface area contributed by atoms with Crippen LogP contribution in [-0.4, -0.2) is 49.9 Å². The van der Waals surface area contributed by atoms with Gasteiger partial charge in [-0.05, 0) is 13.5 Å². The molecule has 5 nitrogen and oxygen atoms in total. The maximum atomic E-state index is 11.4. The number of hydrogen-bond acceptors (Lipinski definition) is 3. The van der Waals surface area contributed by atoms with Gasteiger partial charge in [0.15, 0.2) is 0 Å². The van der Waals surface area contributed by atoms with Crippen LogP contribution in [0.2, 0.25) is 0 Å². The number of nitrogens with one attached hydrogen (secondary N) is 2. The fourth-order valence-corrected chi connectivity index (χ4v) is 1.67. The number of piperidine rings is 1. The van der Waals surface area contributed by atoms with Crippen molar-refractivity contribution in [3.8, 4) is 0 Å². The lowest BCUT2D eigenvalue weighted by Crippen LogP contribution is -2.48. The average Bonchev–Trinajstić information content (AvgIpc) is 2.20. The predicted octanol–water partition coefficient (Wildman–Crippen LogP) is -0.667. The van der Waals surface area contributed by atoms with Crippen molar-refractivity contribution in [1.29, 1.82) is 0 Å². The summed E-state index contributed by atoms with van der Waals surface area (Å²) in [7, 11) is 3.59. The van der Waals surface area contributed by atoms with E-state index in [9.17, 15) is 9.59 Å². The van der Waals surface area contributed by atoms with Crippen molar-refractivity contribution < 1.29 is 9.59 Å². The van der Waals surface area contributed by atoms with Gasteiger partial charge in [-0.2, -0.15) is 0 Å². The second-order valence-corrected chi connectivity index (χ2v) is 3.93. The number of likely N-dealkylation sites (tertiary alicyclic amines) is 1. The number of carbonyl (C=O) groups is 2. The maximum Gasteiger partial charge on any atom is 0.222 e. The van der Waals surface area contributed by atoms with Crippen LogP contribution in [0.4, 0.5) is 0 Å². The molecular formula is C10H19N3O2. The van der Waals surface area contributed by atoms with Gasteiger partial charge in [-0.1, -0.05) is 0 Å². The Labute approximate surface area is 90.2 Å². The van der Waals surface area contributed by atoms with E-state index in [1.165, 1.54) is 0 Å². The van der Waals surface area contributed by atoms with E-state index in [1.54, 1.807) is 11.9 Å². The van der Waals surface area contributed by atoms with Crippen LogP contribution in [0.25, 0.3) is 0 Å². The molecule has 1 aliphatic rings. The molecule has 2 amide bonds. The highest BCUT2D eigenvalue weighted by molar-refractivity contribution is 5.79. The smallest absolute Gasteiger partial charge is 0.222 e. The van der Waals surface area contributed by atoms with Crippen molar-refractivity contribution in [3.63, 3.8) is 0 Å². The van der Waals surface area contributed by atoms with Gasteiger partial charge in [0.1, 0.15) is 0 Å². The molecule has 0 aromatic carbocycles. The highest BCUT2D eigenvalue weighted by atomic mass is 16.2. The van der Waals surface area contributed by atoms with Crippen molar-refractivity contribution in [2.75, 3.05) is 27.2 Å². The van der Waals surface area contributed by atoms with E-state index < -0.39 is 0 Å². The van der Waals surface area contributed by atoms with E-state index in [-0.39, 0.29) is 17.9 Å². The Balaban J connectivity index is 2.27. The minimum atomic E-state index is 0.0529. The first-order chi connectivity index (χ1) is 7.13. The molecule has 1 fully saturated rings. The summed E-state index contributed by atoms with van der Waals surface area (Å²) in [6, 6.07) is 0.122. The number of carbonyl (C=O) groups excluding carboxylic acids is 2. The van der Waals surface area contributed by atoms with Gasteiger partial charge >= 0.3 is 0 Å². The summed E-state index contributed by atoms with van der Waals surface area (Å²) in [5.74, 6) is 0.216. The van der Waals surface area contributed by atoms with Crippen molar-refractivity contribution in [1.82, 2.24) is 15.5 Å². The van der Waals surface area contributed by atoms with Gasteiger partial charge in [-0.15, -0.1) is 0 Å². The number of likely N-dealkylation sites (N-methyl/N-ethyl adjacent to an activating group) is 1. The Morgan fingerprint density at radius 1 is 1.60 bits per heavy atom. The molecule has 5 heteroatoms. The number of nitrogens with zero attached hydrogens (tertiary/aromatic N) is 1. The lowest BCUT2D eigenvalue weighted by atomic mass is 10.1. The van der Waals surface area contributed by atoms with Crippen LogP contribution in [0.15, 0.2) is 0 Å². The van der Waals surface area contributed by atoms with Crippen LogP contribution in [0, 0.1) is 0 Å². The van der Waals surface area contributed by atoms with Gasteiger partial charge in [0.05, 0.1) is 0 Å². The molecule has 1 rings (SSSR count). The number of rotatable bonds is 4. The standard InChI is InChI=1S/C10H19N3O2/c1-11-6-5-9(14)12-8-3-4-10(15)13(2)7-8/h8,11H,3-7H2,1-2H3,(H,12,14). The average molecular weight is 213 g/mol. The summed E-state index contributed by atoms with van der Waals surface area (Å²) < 4.78 is 0. The molecule has 0 aromatic rings. The molecular weight excluding hydrogens is 194 g/mol. The first kappa shape index (κ1) is 12.0. The highest BCUT2D eigenvalue weighted by Gasteiger charge is 2.23. The molecule has 0 spiro atoms. The minimum absolute atomic E-state index is 0.0529. The van der Waals surface area contributed by atoms with E-state index in [2.05, 4.69) is 10.6 Å². The zero-order chi connectivity index (χ0) is 11.3. The second-order valence-electron chi connectivity index (χ2n) is 3.93. The topological polar surface area (TPSA) is 61.4 Å². The van der Waals surface area contributed by atoms with Gasteiger partial charge in [0.2, 0.25) is 11.8 Å². The molecule has 1 unspecified atom stereocenters.